The summed E-state index contributed by atoms with van der Waals surface area (Å²) >= 11 is 0. The van der Waals surface area contributed by atoms with Crippen molar-refractivity contribution >= 4 is 6.09 Å². The highest BCUT2D eigenvalue weighted by molar-refractivity contribution is 5.67. The molecule has 1 amide bonds. The van der Waals surface area contributed by atoms with E-state index < -0.39 is 0 Å². The summed E-state index contributed by atoms with van der Waals surface area (Å²) in [5.74, 6) is 0. The van der Waals surface area contributed by atoms with Gasteiger partial charge in [-0.2, -0.15) is 0 Å². The molecule has 1 aliphatic carbocycles. The molecule has 76 valence electrons. The number of carbonyl (C=O) groups is 1. The Hall–Kier alpha value is -0.730. The maximum atomic E-state index is 11.4. The van der Waals surface area contributed by atoms with E-state index in [9.17, 15) is 4.79 Å². The fourth-order valence-corrected chi connectivity index (χ4v) is 1.44. The number of ether oxygens (including phenoxy) is 1. The van der Waals surface area contributed by atoms with E-state index in [4.69, 9.17) is 4.74 Å². The van der Waals surface area contributed by atoms with Crippen LogP contribution in [-0.4, -0.2) is 30.2 Å². The third-order valence-electron chi connectivity index (χ3n) is 2.63. The molecule has 3 nitrogen and oxygen atoms in total. The van der Waals surface area contributed by atoms with E-state index in [1.807, 2.05) is 13.8 Å². The molecule has 0 bridgehead atoms. The van der Waals surface area contributed by atoms with Gasteiger partial charge in [-0.05, 0) is 39.5 Å². The van der Waals surface area contributed by atoms with E-state index in [0.717, 1.165) is 12.8 Å². The number of nitrogens with zero attached hydrogens (tertiary/aromatic N) is 1. The van der Waals surface area contributed by atoms with Gasteiger partial charge in [-0.1, -0.05) is 0 Å². The first-order valence-corrected chi connectivity index (χ1v) is 5.04. The third-order valence-corrected chi connectivity index (χ3v) is 2.63. The van der Waals surface area contributed by atoms with Crippen LogP contribution < -0.4 is 0 Å². The lowest BCUT2D eigenvalue weighted by molar-refractivity contribution is 0.0652. The Kier molecular flexibility index (Phi) is 3.58. The Labute approximate surface area is 80.1 Å². The van der Waals surface area contributed by atoms with Crippen LogP contribution in [0.1, 0.15) is 39.5 Å². The predicted octanol–water partition coefficient (Wildman–Crippen LogP) is 2.41. The zero-order valence-corrected chi connectivity index (χ0v) is 8.75. The Balaban J connectivity index is 2.31. The van der Waals surface area contributed by atoms with Crippen molar-refractivity contribution in [2.45, 2.75) is 51.7 Å². The summed E-state index contributed by atoms with van der Waals surface area (Å²) in [6, 6.07) is 0.217. The lowest BCUT2D eigenvalue weighted by atomic mass is 10.3. The first-order valence-electron chi connectivity index (χ1n) is 5.04. The minimum absolute atomic E-state index is 0.175. The van der Waals surface area contributed by atoms with E-state index in [2.05, 4.69) is 0 Å². The van der Waals surface area contributed by atoms with E-state index in [1.165, 1.54) is 12.8 Å². The van der Waals surface area contributed by atoms with Crippen molar-refractivity contribution in [2.24, 2.45) is 0 Å². The van der Waals surface area contributed by atoms with Gasteiger partial charge in [0.05, 0.1) is 0 Å². The van der Waals surface area contributed by atoms with Crippen LogP contribution in [-0.2, 0) is 4.74 Å². The van der Waals surface area contributed by atoms with Crippen molar-refractivity contribution < 1.29 is 9.53 Å². The van der Waals surface area contributed by atoms with Gasteiger partial charge >= 0.3 is 6.09 Å². The standard InChI is InChI=1S/C10H19NO2/c1-8(2)11(3)10(12)13-9-6-4-5-7-9/h8-9H,4-7H2,1-3H3. The third kappa shape index (κ3) is 2.90. The van der Waals surface area contributed by atoms with Crippen molar-refractivity contribution in [3.63, 3.8) is 0 Å². The first-order chi connectivity index (χ1) is 6.11. The summed E-state index contributed by atoms with van der Waals surface area (Å²) in [5, 5.41) is 0. The zero-order chi connectivity index (χ0) is 9.84. The Morgan fingerprint density at radius 3 is 2.38 bits per heavy atom. The lowest BCUT2D eigenvalue weighted by Crippen LogP contribution is -2.35. The van der Waals surface area contributed by atoms with Gasteiger partial charge in [0, 0.05) is 13.1 Å². The SMILES string of the molecule is CC(C)N(C)C(=O)OC1CCCC1. The lowest BCUT2D eigenvalue weighted by Gasteiger charge is -2.22. The molecule has 0 aromatic heterocycles. The second-order valence-electron chi connectivity index (χ2n) is 3.99. The van der Waals surface area contributed by atoms with Gasteiger partial charge in [0.15, 0.2) is 0 Å². The van der Waals surface area contributed by atoms with Crippen LogP contribution in [0.2, 0.25) is 0 Å². The molecule has 0 saturated heterocycles. The molecule has 13 heavy (non-hydrogen) atoms. The van der Waals surface area contributed by atoms with Gasteiger partial charge in [-0.15, -0.1) is 0 Å². The van der Waals surface area contributed by atoms with Crippen molar-refractivity contribution in [3.05, 3.63) is 0 Å². The molecule has 1 fully saturated rings. The second kappa shape index (κ2) is 4.49. The highest BCUT2D eigenvalue weighted by atomic mass is 16.6. The van der Waals surface area contributed by atoms with E-state index in [1.54, 1.807) is 11.9 Å². The normalized spacial score (nSPS) is 17.8. The average molecular weight is 185 g/mol. The summed E-state index contributed by atoms with van der Waals surface area (Å²) in [6.07, 6.45) is 4.47. The summed E-state index contributed by atoms with van der Waals surface area (Å²) < 4.78 is 5.32. The first kappa shape index (κ1) is 10.4. The second-order valence-corrected chi connectivity index (χ2v) is 3.99. The number of amides is 1. The predicted molar refractivity (Wildman–Crippen MR) is 51.6 cm³/mol. The highest BCUT2D eigenvalue weighted by Crippen LogP contribution is 2.21. The topological polar surface area (TPSA) is 29.5 Å². The molecule has 1 aliphatic rings. The molecule has 1 saturated carbocycles. The maximum absolute atomic E-state index is 11.4. The average Bonchev–Trinajstić information content (AvgIpc) is 2.55. The van der Waals surface area contributed by atoms with E-state index in [-0.39, 0.29) is 18.2 Å². The van der Waals surface area contributed by atoms with Crippen LogP contribution in [0.15, 0.2) is 0 Å². The zero-order valence-electron chi connectivity index (χ0n) is 8.75. The molecule has 0 aromatic rings. The van der Waals surface area contributed by atoms with Gasteiger partial charge < -0.3 is 9.64 Å². The molecule has 3 heteroatoms. The van der Waals surface area contributed by atoms with Gasteiger partial charge in [-0.25, -0.2) is 4.79 Å². The summed E-state index contributed by atoms with van der Waals surface area (Å²) in [7, 11) is 1.78. The van der Waals surface area contributed by atoms with Gasteiger partial charge in [-0.3, -0.25) is 0 Å². The number of carbonyl (C=O) groups excluding carboxylic acids is 1. The molecule has 0 aliphatic heterocycles. The molecular formula is C10H19NO2. The molecule has 0 aromatic carbocycles. The van der Waals surface area contributed by atoms with Gasteiger partial charge in [0.25, 0.3) is 0 Å². The summed E-state index contributed by atoms with van der Waals surface area (Å²) in [4.78, 5) is 13.1. The van der Waals surface area contributed by atoms with Crippen molar-refractivity contribution in [1.82, 2.24) is 4.90 Å². The fourth-order valence-electron chi connectivity index (χ4n) is 1.44. The van der Waals surface area contributed by atoms with Crippen LogP contribution in [0, 0.1) is 0 Å². The Bertz CT molecular complexity index is 174. The molecule has 0 radical (unpaired) electrons. The number of rotatable bonds is 2. The van der Waals surface area contributed by atoms with Gasteiger partial charge in [0.1, 0.15) is 6.10 Å². The van der Waals surface area contributed by atoms with Crippen molar-refractivity contribution in [3.8, 4) is 0 Å². The van der Waals surface area contributed by atoms with Crippen LogP contribution in [0.4, 0.5) is 4.79 Å². The number of hydrogen-bond acceptors (Lipinski definition) is 2. The molecule has 1 rings (SSSR count). The van der Waals surface area contributed by atoms with Crippen molar-refractivity contribution in [2.75, 3.05) is 7.05 Å². The summed E-state index contributed by atoms with van der Waals surface area (Å²) in [6.45, 7) is 3.96. The Morgan fingerprint density at radius 1 is 1.38 bits per heavy atom. The highest BCUT2D eigenvalue weighted by Gasteiger charge is 2.21. The van der Waals surface area contributed by atoms with Crippen LogP contribution in [0.5, 0.6) is 0 Å². The van der Waals surface area contributed by atoms with Crippen molar-refractivity contribution in [1.29, 1.82) is 0 Å². The molecule has 0 atom stereocenters. The molecule has 0 heterocycles. The maximum Gasteiger partial charge on any atom is 0.410 e. The van der Waals surface area contributed by atoms with Crippen LogP contribution in [0.3, 0.4) is 0 Å². The molecular weight excluding hydrogens is 166 g/mol. The minimum atomic E-state index is -0.179. The largest absolute Gasteiger partial charge is 0.446 e. The van der Waals surface area contributed by atoms with E-state index in [0.29, 0.717) is 0 Å². The monoisotopic (exact) mass is 185 g/mol. The molecule has 0 spiro atoms. The molecule has 0 N–H and O–H groups in total. The number of hydrogen-bond donors (Lipinski definition) is 0. The van der Waals surface area contributed by atoms with Crippen LogP contribution in [0.25, 0.3) is 0 Å². The van der Waals surface area contributed by atoms with E-state index >= 15 is 0 Å². The quantitative estimate of drug-likeness (QED) is 0.661. The smallest absolute Gasteiger partial charge is 0.410 e. The van der Waals surface area contributed by atoms with Gasteiger partial charge in [0.2, 0.25) is 0 Å². The minimum Gasteiger partial charge on any atom is -0.446 e. The van der Waals surface area contributed by atoms with Crippen LogP contribution >= 0.6 is 0 Å². The fraction of sp³-hybridized carbons (Fsp3) is 0.900. The Morgan fingerprint density at radius 2 is 1.92 bits per heavy atom. The summed E-state index contributed by atoms with van der Waals surface area (Å²) in [5.41, 5.74) is 0. The molecule has 0 unspecified atom stereocenters.